The number of H-pyrrole nitrogens is 1. The number of carbonyl (C=O) groups excluding carboxylic acids is 1. The maximum absolute atomic E-state index is 11.7. The van der Waals surface area contributed by atoms with Crippen molar-refractivity contribution in [1.82, 2.24) is 25.2 Å². The first-order chi connectivity index (χ1) is 16.1. The van der Waals surface area contributed by atoms with Crippen molar-refractivity contribution in [3.8, 4) is 17.1 Å². The van der Waals surface area contributed by atoms with Gasteiger partial charge in [-0.25, -0.2) is 9.97 Å². The number of rotatable bonds is 8. The first kappa shape index (κ1) is 22.0. The number of fused-ring (bicyclic) bond motifs is 1. The van der Waals surface area contributed by atoms with Gasteiger partial charge in [-0.15, -0.1) is 0 Å². The Morgan fingerprint density at radius 1 is 1.21 bits per heavy atom. The van der Waals surface area contributed by atoms with Gasteiger partial charge in [0.25, 0.3) is 0 Å². The topological polar surface area (TPSA) is 95.2 Å². The molecule has 2 aliphatic rings. The van der Waals surface area contributed by atoms with E-state index in [9.17, 15) is 4.79 Å². The highest BCUT2D eigenvalue weighted by Gasteiger charge is 2.29. The molecule has 3 aromatic rings. The fourth-order valence-corrected chi connectivity index (χ4v) is 4.31. The molecule has 8 nitrogen and oxygen atoms in total. The number of hydrogen-bond donors (Lipinski definition) is 3. The predicted octanol–water partition coefficient (Wildman–Crippen LogP) is 3.69. The van der Waals surface area contributed by atoms with Crippen LogP contribution in [0, 0.1) is 5.92 Å². The Labute approximate surface area is 198 Å². The summed E-state index contributed by atoms with van der Waals surface area (Å²) in [7, 11) is 2.15. The molecule has 0 spiro atoms. The van der Waals surface area contributed by atoms with Gasteiger partial charge in [0.05, 0.1) is 23.5 Å². The van der Waals surface area contributed by atoms with E-state index in [0.717, 1.165) is 67.1 Å². The largest absolute Gasteiger partial charge is 0.492 e. The monoisotopic (exact) mass is 468 g/mol. The predicted molar refractivity (Wildman–Crippen MR) is 130 cm³/mol. The van der Waals surface area contributed by atoms with Crippen molar-refractivity contribution in [2.24, 2.45) is 5.92 Å². The van der Waals surface area contributed by atoms with Gasteiger partial charge in [0.15, 0.2) is 5.65 Å². The average Bonchev–Trinajstić information content (AvgIpc) is 3.59. The number of nitrogens with one attached hydrogen (secondary N) is 3. The molecular weight excluding hydrogens is 440 g/mol. The number of likely N-dealkylation sites (tertiary alicyclic amines) is 1. The Bertz CT molecular complexity index is 1120. The fourth-order valence-electron chi connectivity index (χ4n) is 4.11. The van der Waals surface area contributed by atoms with Crippen LogP contribution in [0.5, 0.6) is 5.75 Å². The summed E-state index contributed by atoms with van der Waals surface area (Å²) < 4.78 is 5.74. The number of hydrogen-bond acceptors (Lipinski definition) is 6. The summed E-state index contributed by atoms with van der Waals surface area (Å²) in [5.41, 5.74) is 3.26. The molecule has 33 heavy (non-hydrogen) atoms. The molecule has 174 valence electrons. The minimum Gasteiger partial charge on any atom is -0.492 e. The Balaban J connectivity index is 1.25. The second kappa shape index (κ2) is 9.57. The van der Waals surface area contributed by atoms with Crippen molar-refractivity contribution in [1.29, 1.82) is 0 Å². The molecule has 2 aromatic heterocycles. The van der Waals surface area contributed by atoms with E-state index in [1.54, 1.807) is 6.20 Å². The van der Waals surface area contributed by atoms with E-state index in [1.165, 1.54) is 0 Å². The minimum absolute atomic E-state index is 0.136. The first-order valence-corrected chi connectivity index (χ1v) is 11.9. The lowest BCUT2D eigenvalue weighted by Gasteiger charge is -2.30. The molecule has 1 aliphatic heterocycles. The molecule has 1 saturated carbocycles. The lowest BCUT2D eigenvalue weighted by molar-refractivity contribution is -0.122. The fraction of sp³-hybridized carbons (Fsp3) is 0.458. The number of aromatic nitrogens is 3. The lowest BCUT2D eigenvalue weighted by Crippen LogP contribution is -2.36. The lowest BCUT2D eigenvalue weighted by atomic mass is 10.1. The van der Waals surface area contributed by atoms with Crippen LogP contribution >= 0.6 is 11.6 Å². The number of nitrogens with zero attached hydrogens (tertiary/aromatic N) is 3. The van der Waals surface area contributed by atoms with Crippen molar-refractivity contribution in [2.75, 3.05) is 38.6 Å². The van der Waals surface area contributed by atoms with Crippen molar-refractivity contribution in [2.45, 2.75) is 31.7 Å². The number of imidazole rings is 1. The number of benzene rings is 1. The van der Waals surface area contributed by atoms with E-state index < -0.39 is 0 Å². The molecule has 0 atom stereocenters. The zero-order valence-corrected chi connectivity index (χ0v) is 19.5. The number of pyridine rings is 1. The molecule has 2 fully saturated rings. The second-order valence-electron chi connectivity index (χ2n) is 8.93. The van der Waals surface area contributed by atoms with E-state index >= 15 is 0 Å². The molecule has 0 radical (unpaired) electrons. The Morgan fingerprint density at radius 3 is 2.70 bits per heavy atom. The molecule has 0 bridgehead atoms. The highest BCUT2D eigenvalue weighted by molar-refractivity contribution is 6.34. The first-order valence-electron chi connectivity index (χ1n) is 11.6. The normalized spacial score (nSPS) is 17.3. The van der Waals surface area contributed by atoms with Gasteiger partial charge in [-0.3, -0.25) is 4.79 Å². The Hall–Kier alpha value is -2.84. The molecule has 0 unspecified atom stereocenters. The molecule has 1 aliphatic carbocycles. The Morgan fingerprint density at radius 2 is 1.97 bits per heavy atom. The van der Waals surface area contributed by atoms with Gasteiger partial charge < -0.3 is 25.3 Å². The van der Waals surface area contributed by atoms with Crippen LogP contribution in [0.2, 0.25) is 5.02 Å². The van der Waals surface area contributed by atoms with Crippen LogP contribution < -0.4 is 15.4 Å². The number of amides is 1. The smallest absolute Gasteiger partial charge is 0.223 e. The van der Waals surface area contributed by atoms with Crippen molar-refractivity contribution in [3.63, 3.8) is 0 Å². The van der Waals surface area contributed by atoms with Crippen LogP contribution in [-0.2, 0) is 4.79 Å². The van der Waals surface area contributed by atoms with Crippen LogP contribution in [0.3, 0.4) is 0 Å². The summed E-state index contributed by atoms with van der Waals surface area (Å²) in [5.74, 6) is 1.84. The summed E-state index contributed by atoms with van der Waals surface area (Å²) >= 11 is 6.50. The highest BCUT2D eigenvalue weighted by atomic mass is 35.5. The summed E-state index contributed by atoms with van der Waals surface area (Å²) in [6, 6.07) is 8.11. The standard InChI is InChI=1S/C24H29ClN6O2/c1-31-11-8-17(9-12-31)28-20-19(25)14-27-23-21(20)29-22(30-23)15-4-6-18(7-5-15)33-13-10-26-24(32)16-2-3-16/h4-7,14,16-17H,2-3,8-13H2,1H3,(H,26,32)(H2,27,28,29,30). The van der Waals surface area contributed by atoms with Crippen LogP contribution in [0.25, 0.3) is 22.6 Å². The van der Waals surface area contributed by atoms with Gasteiger partial charge in [-0.2, -0.15) is 0 Å². The molecule has 1 aromatic carbocycles. The van der Waals surface area contributed by atoms with Gasteiger partial charge >= 0.3 is 0 Å². The van der Waals surface area contributed by atoms with Gasteiger partial charge in [0.1, 0.15) is 23.7 Å². The number of carbonyl (C=O) groups is 1. The molecule has 9 heteroatoms. The molecule has 1 saturated heterocycles. The number of halogens is 1. The number of piperidine rings is 1. The van der Waals surface area contributed by atoms with Gasteiger partial charge in [0.2, 0.25) is 5.91 Å². The Kier molecular flexibility index (Phi) is 6.37. The van der Waals surface area contributed by atoms with E-state index in [2.05, 4.69) is 37.5 Å². The van der Waals surface area contributed by atoms with Gasteiger partial charge in [-0.05, 0) is 70.1 Å². The average molecular weight is 469 g/mol. The number of ether oxygens (including phenoxy) is 1. The van der Waals surface area contributed by atoms with Gasteiger partial charge in [0, 0.05) is 17.5 Å². The summed E-state index contributed by atoms with van der Waals surface area (Å²) in [6.45, 7) is 3.09. The molecule has 3 heterocycles. The molecule has 5 rings (SSSR count). The van der Waals surface area contributed by atoms with Crippen molar-refractivity contribution in [3.05, 3.63) is 35.5 Å². The van der Waals surface area contributed by atoms with Crippen molar-refractivity contribution >= 4 is 34.4 Å². The zero-order chi connectivity index (χ0) is 22.8. The molecular formula is C24H29ClN6O2. The van der Waals surface area contributed by atoms with Crippen LogP contribution in [0.4, 0.5) is 5.69 Å². The third-order valence-electron chi connectivity index (χ3n) is 6.29. The number of aromatic amines is 1. The SMILES string of the molecule is CN1CCC(Nc2c(Cl)cnc3nc(-c4ccc(OCCNC(=O)C5CC5)cc4)[nH]c23)CC1. The zero-order valence-electron chi connectivity index (χ0n) is 18.7. The van der Waals surface area contributed by atoms with Crippen LogP contribution in [-0.4, -0.2) is 65.1 Å². The summed E-state index contributed by atoms with van der Waals surface area (Å²) in [5, 5.41) is 7.11. The number of anilines is 1. The summed E-state index contributed by atoms with van der Waals surface area (Å²) in [4.78, 5) is 26.5. The third-order valence-corrected chi connectivity index (χ3v) is 6.57. The third kappa shape index (κ3) is 5.23. The van der Waals surface area contributed by atoms with Crippen LogP contribution in [0.15, 0.2) is 30.5 Å². The van der Waals surface area contributed by atoms with E-state index in [1.807, 2.05) is 24.3 Å². The van der Waals surface area contributed by atoms with Gasteiger partial charge in [-0.1, -0.05) is 11.6 Å². The minimum atomic E-state index is 0.136. The van der Waals surface area contributed by atoms with E-state index in [0.29, 0.717) is 29.9 Å². The molecule has 1 amide bonds. The quantitative estimate of drug-likeness (QED) is 0.436. The second-order valence-corrected chi connectivity index (χ2v) is 9.33. The van der Waals surface area contributed by atoms with E-state index in [4.69, 9.17) is 16.3 Å². The highest BCUT2D eigenvalue weighted by Crippen LogP contribution is 2.32. The maximum Gasteiger partial charge on any atom is 0.223 e. The van der Waals surface area contributed by atoms with Crippen molar-refractivity contribution < 1.29 is 9.53 Å². The van der Waals surface area contributed by atoms with E-state index in [-0.39, 0.29) is 11.8 Å². The maximum atomic E-state index is 11.7. The summed E-state index contributed by atoms with van der Waals surface area (Å²) in [6.07, 6.45) is 5.82. The van der Waals surface area contributed by atoms with Crippen LogP contribution in [0.1, 0.15) is 25.7 Å². The molecule has 3 N–H and O–H groups in total.